The fraction of sp³-hybridized carbons (Fsp3) is 0. The van der Waals surface area contributed by atoms with Crippen LogP contribution < -0.4 is 10.5 Å². The first-order valence-electron chi connectivity index (χ1n) is 5.19. The molecule has 0 aliphatic heterocycles. The van der Waals surface area contributed by atoms with Gasteiger partial charge in [-0.15, -0.1) is 0 Å². The Labute approximate surface area is 122 Å². The zero-order valence-corrected chi connectivity index (χ0v) is 12.2. The van der Waals surface area contributed by atoms with Gasteiger partial charge in [-0.2, -0.15) is 0 Å². The lowest BCUT2D eigenvalue weighted by Crippen LogP contribution is -2.17. The van der Waals surface area contributed by atoms with Gasteiger partial charge in [-0.3, -0.25) is 4.72 Å². The van der Waals surface area contributed by atoms with E-state index < -0.39 is 27.3 Å². The van der Waals surface area contributed by atoms with Gasteiger partial charge in [-0.05, 0) is 34.1 Å². The Hall–Kier alpha value is -1.74. The highest BCUT2D eigenvalue weighted by atomic mass is 79.9. The van der Waals surface area contributed by atoms with Crippen molar-refractivity contribution in [1.82, 2.24) is 4.98 Å². The third kappa shape index (κ3) is 2.88. The minimum absolute atomic E-state index is 0.280. The van der Waals surface area contributed by atoms with Gasteiger partial charge in [-0.25, -0.2) is 22.2 Å². The standard InChI is InChI=1S/C11H8BrF2N3O2S/c12-6-4-9(11(15)16-5-6)20(18,19)17-10-7(13)2-1-3-8(10)14/h1-5,17H,(H2,15,16). The van der Waals surface area contributed by atoms with Crippen LogP contribution in [0.15, 0.2) is 39.8 Å². The third-order valence-electron chi connectivity index (χ3n) is 2.34. The summed E-state index contributed by atoms with van der Waals surface area (Å²) in [6, 6.07) is 4.17. The molecule has 2 rings (SSSR count). The van der Waals surface area contributed by atoms with E-state index in [4.69, 9.17) is 5.73 Å². The van der Waals surface area contributed by atoms with E-state index in [0.29, 0.717) is 4.47 Å². The number of nitrogens with zero attached hydrogens (tertiary/aromatic N) is 1. The summed E-state index contributed by atoms with van der Waals surface area (Å²) in [7, 11) is -4.26. The number of hydrogen-bond acceptors (Lipinski definition) is 4. The monoisotopic (exact) mass is 363 g/mol. The molecule has 0 aliphatic carbocycles. The van der Waals surface area contributed by atoms with Crippen LogP contribution in [0.1, 0.15) is 0 Å². The van der Waals surface area contributed by atoms with Gasteiger partial charge in [0.2, 0.25) is 0 Å². The average Bonchev–Trinajstić information content (AvgIpc) is 2.37. The number of rotatable bonds is 3. The molecule has 1 aromatic carbocycles. The number of halogens is 3. The number of aromatic nitrogens is 1. The van der Waals surface area contributed by atoms with Crippen molar-refractivity contribution in [2.75, 3.05) is 10.5 Å². The van der Waals surface area contributed by atoms with Gasteiger partial charge in [0.15, 0.2) is 0 Å². The highest BCUT2D eigenvalue weighted by Gasteiger charge is 2.22. The summed E-state index contributed by atoms with van der Waals surface area (Å²) in [5.74, 6) is -2.34. The number of benzene rings is 1. The fourth-order valence-electron chi connectivity index (χ4n) is 1.43. The summed E-state index contributed by atoms with van der Waals surface area (Å²) in [4.78, 5) is 3.28. The Bertz CT molecular complexity index is 748. The molecule has 0 radical (unpaired) electrons. The lowest BCUT2D eigenvalue weighted by atomic mass is 10.3. The molecule has 9 heteroatoms. The van der Waals surface area contributed by atoms with Crippen LogP contribution in [0.25, 0.3) is 0 Å². The first kappa shape index (κ1) is 14.7. The maximum atomic E-state index is 13.5. The lowest BCUT2D eigenvalue weighted by Gasteiger charge is -2.11. The van der Waals surface area contributed by atoms with Gasteiger partial charge in [0, 0.05) is 10.7 Å². The van der Waals surface area contributed by atoms with Gasteiger partial charge in [0.05, 0.1) is 0 Å². The Kier molecular flexibility index (Phi) is 3.91. The summed E-state index contributed by atoms with van der Waals surface area (Å²) in [6.45, 7) is 0. The van der Waals surface area contributed by atoms with E-state index >= 15 is 0 Å². The van der Waals surface area contributed by atoms with Gasteiger partial charge in [0.25, 0.3) is 10.0 Å². The molecule has 0 unspecified atom stereocenters. The predicted molar refractivity (Wildman–Crippen MR) is 73.5 cm³/mol. The molecule has 1 heterocycles. The largest absolute Gasteiger partial charge is 0.383 e. The Balaban J connectivity index is 2.49. The van der Waals surface area contributed by atoms with Crippen LogP contribution in [-0.4, -0.2) is 13.4 Å². The number of anilines is 2. The smallest absolute Gasteiger partial charge is 0.265 e. The van der Waals surface area contributed by atoms with Gasteiger partial charge in [0.1, 0.15) is 28.0 Å². The summed E-state index contributed by atoms with van der Waals surface area (Å²) in [5.41, 5.74) is 4.70. The fourth-order valence-corrected chi connectivity index (χ4v) is 3.10. The quantitative estimate of drug-likeness (QED) is 0.877. The van der Waals surface area contributed by atoms with Crippen molar-refractivity contribution < 1.29 is 17.2 Å². The summed E-state index contributed by atoms with van der Waals surface area (Å²) in [5, 5.41) is 0. The van der Waals surface area contributed by atoms with Gasteiger partial charge >= 0.3 is 0 Å². The van der Waals surface area contributed by atoms with Crippen molar-refractivity contribution in [3.8, 4) is 0 Å². The van der Waals surface area contributed by atoms with Crippen LogP contribution in [0.5, 0.6) is 0 Å². The molecule has 0 amide bonds. The van der Waals surface area contributed by atoms with Crippen LogP contribution in [0, 0.1) is 11.6 Å². The Morgan fingerprint density at radius 2 is 1.85 bits per heavy atom. The van der Waals surface area contributed by atoms with Crippen molar-refractivity contribution in [2.45, 2.75) is 4.90 Å². The topological polar surface area (TPSA) is 85.1 Å². The number of nitrogens with two attached hydrogens (primary N) is 1. The number of nitrogen functional groups attached to an aromatic ring is 1. The normalized spacial score (nSPS) is 11.3. The first-order chi connectivity index (χ1) is 9.31. The molecule has 0 saturated heterocycles. The van der Waals surface area contributed by atoms with Crippen LogP contribution in [0.3, 0.4) is 0 Å². The highest BCUT2D eigenvalue weighted by Crippen LogP contribution is 2.25. The number of pyridine rings is 1. The molecular formula is C11H8BrF2N3O2S. The number of sulfonamides is 1. The molecule has 0 aliphatic rings. The molecule has 106 valence electrons. The molecule has 2 aromatic rings. The second-order valence-electron chi connectivity index (χ2n) is 3.74. The molecule has 1 aromatic heterocycles. The minimum Gasteiger partial charge on any atom is -0.383 e. The van der Waals surface area contributed by atoms with Crippen molar-refractivity contribution in [1.29, 1.82) is 0 Å². The Morgan fingerprint density at radius 1 is 1.25 bits per heavy atom. The van der Waals surface area contributed by atoms with E-state index in [-0.39, 0.29) is 10.7 Å². The van der Waals surface area contributed by atoms with Crippen LogP contribution >= 0.6 is 15.9 Å². The lowest BCUT2D eigenvalue weighted by molar-refractivity contribution is 0.583. The molecule has 0 saturated carbocycles. The first-order valence-corrected chi connectivity index (χ1v) is 7.47. The van der Waals surface area contributed by atoms with E-state index in [1.807, 2.05) is 4.72 Å². The maximum Gasteiger partial charge on any atom is 0.265 e. The molecule has 0 fully saturated rings. The van der Waals surface area contributed by atoms with Crippen molar-refractivity contribution in [3.63, 3.8) is 0 Å². The highest BCUT2D eigenvalue weighted by molar-refractivity contribution is 9.10. The molecule has 0 atom stereocenters. The number of nitrogens with one attached hydrogen (secondary N) is 1. The van der Waals surface area contributed by atoms with Gasteiger partial charge < -0.3 is 5.73 Å². The SMILES string of the molecule is Nc1ncc(Br)cc1S(=O)(=O)Nc1c(F)cccc1F. The van der Waals surface area contributed by atoms with E-state index in [9.17, 15) is 17.2 Å². The van der Waals surface area contributed by atoms with E-state index in [1.165, 1.54) is 12.3 Å². The van der Waals surface area contributed by atoms with Crippen molar-refractivity contribution >= 4 is 37.5 Å². The molecular weight excluding hydrogens is 356 g/mol. The summed E-state index contributed by atoms with van der Waals surface area (Å²) < 4.78 is 53.3. The molecule has 0 spiro atoms. The van der Waals surface area contributed by atoms with Crippen LogP contribution in [0.2, 0.25) is 0 Å². The summed E-state index contributed by atoms with van der Waals surface area (Å²) >= 11 is 3.04. The molecule has 20 heavy (non-hydrogen) atoms. The van der Waals surface area contributed by atoms with E-state index in [2.05, 4.69) is 20.9 Å². The zero-order chi connectivity index (χ0) is 14.9. The number of hydrogen-bond donors (Lipinski definition) is 2. The minimum atomic E-state index is -4.26. The predicted octanol–water partition coefficient (Wildman–Crippen LogP) is 2.51. The second-order valence-corrected chi connectivity index (χ2v) is 6.31. The van der Waals surface area contributed by atoms with Crippen molar-refractivity contribution in [3.05, 3.63) is 46.6 Å². The zero-order valence-electron chi connectivity index (χ0n) is 9.77. The van der Waals surface area contributed by atoms with Gasteiger partial charge in [-0.1, -0.05) is 6.07 Å². The third-order valence-corrected chi connectivity index (χ3v) is 4.15. The molecule has 3 N–H and O–H groups in total. The maximum absolute atomic E-state index is 13.5. The molecule has 0 bridgehead atoms. The van der Waals surface area contributed by atoms with Crippen LogP contribution in [-0.2, 0) is 10.0 Å². The molecule has 5 nitrogen and oxygen atoms in total. The van der Waals surface area contributed by atoms with E-state index in [0.717, 1.165) is 18.2 Å². The average molecular weight is 364 g/mol. The van der Waals surface area contributed by atoms with Crippen LogP contribution in [0.4, 0.5) is 20.3 Å². The number of para-hydroxylation sites is 1. The Morgan fingerprint density at radius 3 is 2.45 bits per heavy atom. The summed E-state index contributed by atoms with van der Waals surface area (Å²) in [6.07, 6.45) is 1.30. The van der Waals surface area contributed by atoms with E-state index in [1.54, 1.807) is 0 Å². The van der Waals surface area contributed by atoms with Crippen molar-refractivity contribution in [2.24, 2.45) is 0 Å². The second kappa shape index (κ2) is 5.33.